The Bertz CT molecular complexity index is 742. The van der Waals surface area contributed by atoms with Gasteiger partial charge in [-0.3, -0.25) is 10.1 Å². The number of imide groups is 1. The molecule has 0 spiro atoms. The van der Waals surface area contributed by atoms with E-state index in [1.165, 1.54) is 18.4 Å². The number of likely N-dealkylation sites (N-methyl/N-ethyl adjacent to an activating group) is 1. The molecule has 1 aromatic rings. The smallest absolute Gasteiger partial charge is 0.325 e. The number of hydrogen-bond acceptors (Lipinski definition) is 5. The number of benzene rings is 1. The number of nitrogens with zero attached hydrogens (tertiary/aromatic N) is 4. The van der Waals surface area contributed by atoms with Crippen LogP contribution in [-0.2, 0) is 11.2 Å². The number of urea groups is 1. The molecule has 3 heterocycles. The van der Waals surface area contributed by atoms with Crippen LogP contribution in [0.5, 0.6) is 0 Å². The lowest BCUT2D eigenvalue weighted by Gasteiger charge is -2.37. The first-order chi connectivity index (χ1) is 13.6. The molecule has 0 aromatic heterocycles. The summed E-state index contributed by atoms with van der Waals surface area (Å²) >= 11 is 0. The number of amides is 3. The second kappa shape index (κ2) is 8.20. The van der Waals surface area contributed by atoms with Gasteiger partial charge in [-0.2, -0.15) is 0 Å². The number of rotatable bonds is 4. The number of carbonyl (C=O) groups excluding carboxylic acids is 2. The Kier molecular flexibility index (Phi) is 5.50. The van der Waals surface area contributed by atoms with Crippen LogP contribution in [0.4, 0.5) is 4.79 Å². The third kappa shape index (κ3) is 3.70. The zero-order chi connectivity index (χ0) is 19.5. The zero-order valence-corrected chi connectivity index (χ0v) is 16.5. The number of aryl methyl sites for hydroxylation is 1. The molecule has 28 heavy (non-hydrogen) atoms. The van der Waals surface area contributed by atoms with Crippen molar-refractivity contribution in [3.8, 4) is 0 Å². The minimum absolute atomic E-state index is 0.235. The van der Waals surface area contributed by atoms with Gasteiger partial charge in [-0.25, -0.2) is 9.79 Å². The monoisotopic (exact) mass is 383 g/mol. The quantitative estimate of drug-likeness (QED) is 0.864. The largest absolute Gasteiger partial charge is 0.343 e. The first-order valence-corrected chi connectivity index (χ1v) is 10.4. The molecular formula is C21H29N5O2. The predicted octanol–water partition coefficient (Wildman–Crippen LogP) is 2.04. The third-order valence-corrected chi connectivity index (χ3v) is 5.93. The average molecular weight is 383 g/mol. The maximum absolute atomic E-state index is 12.7. The van der Waals surface area contributed by atoms with Gasteiger partial charge in [0.05, 0.1) is 0 Å². The number of carbonyl (C=O) groups is 2. The normalized spacial score (nSPS) is 25.3. The number of likely N-dealkylation sites (tertiary alicyclic amines) is 1. The molecule has 0 radical (unpaired) electrons. The van der Waals surface area contributed by atoms with E-state index in [1.54, 1.807) is 11.9 Å². The first kappa shape index (κ1) is 18.8. The Morgan fingerprint density at radius 2 is 1.79 bits per heavy atom. The van der Waals surface area contributed by atoms with E-state index in [2.05, 4.69) is 39.4 Å². The summed E-state index contributed by atoms with van der Waals surface area (Å²) in [7, 11) is 1.72. The number of guanidine groups is 1. The van der Waals surface area contributed by atoms with Crippen LogP contribution >= 0.6 is 0 Å². The van der Waals surface area contributed by atoms with E-state index >= 15 is 0 Å². The van der Waals surface area contributed by atoms with Gasteiger partial charge in [-0.15, -0.1) is 0 Å². The van der Waals surface area contributed by atoms with Gasteiger partial charge in [0.25, 0.3) is 5.91 Å². The molecule has 7 heteroatoms. The van der Waals surface area contributed by atoms with Crippen molar-refractivity contribution in [3.63, 3.8) is 0 Å². The van der Waals surface area contributed by atoms with Crippen LogP contribution in [0, 0.1) is 0 Å². The summed E-state index contributed by atoms with van der Waals surface area (Å²) in [4.78, 5) is 35.7. The van der Waals surface area contributed by atoms with Gasteiger partial charge in [0.2, 0.25) is 0 Å². The molecule has 150 valence electrons. The van der Waals surface area contributed by atoms with Crippen molar-refractivity contribution in [3.05, 3.63) is 35.9 Å². The van der Waals surface area contributed by atoms with Crippen LogP contribution in [0.1, 0.15) is 37.7 Å². The summed E-state index contributed by atoms with van der Waals surface area (Å²) in [5, 5.41) is 2.49. The van der Waals surface area contributed by atoms with E-state index in [-0.39, 0.29) is 11.9 Å². The molecule has 2 fully saturated rings. The van der Waals surface area contributed by atoms with Crippen LogP contribution in [0.3, 0.4) is 0 Å². The molecule has 2 atom stereocenters. The summed E-state index contributed by atoms with van der Waals surface area (Å²) in [6.45, 7) is 2.68. The lowest BCUT2D eigenvalue weighted by molar-refractivity contribution is -0.127. The summed E-state index contributed by atoms with van der Waals surface area (Å²) in [6.07, 6.45) is 6.23. The Morgan fingerprint density at radius 1 is 1.07 bits per heavy atom. The SMILES string of the molecule is CN1C(=O)NC(=O)C2C1N=C(N1CCCCCC1)N2CCCc1ccccc1. The highest BCUT2D eigenvalue weighted by Gasteiger charge is 2.49. The molecule has 4 rings (SSSR count). The fraction of sp³-hybridized carbons (Fsp3) is 0.571. The molecule has 1 N–H and O–H groups in total. The molecular weight excluding hydrogens is 354 g/mol. The highest BCUT2D eigenvalue weighted by Crippen LogP contribution is 2.27. The summed E-state index contributed by atoms with van der Waals surface area (Å²) < 4.78 is 0. The molecule has 3 amide bonds. The van der Waals surface area contributed by atoms with Crippen molar-refractivity contribution < 1.29 is 9.59 Å². The Morgan fingerprint density at radius 3 is 2.50 bits per heavy atom. The molecule has 3 aliphatic heterocycles. The minimum Gasteiger partial charge on any atom is -0.343 e. The van der Waals surface area contributed by atoms with Gasteiger partial charge < -0.3 is 14.7 Å². The topological polar surface area (TPSA) is 68.2 Å². The second-order valence-electron chi connectivity index (χ2n) is 7.88. The number of hydrogen-bond donors (Lipinski definition) is 1. The van der Waals surface area contributed by atoms with Crippen molar-refractivity contribution >= 4 is 17.9 Å². The second-order valence-corrected chi connectivity index (χ2v) is 7.88. The van der Waals surface area contributed by atoms with E-state index in [0.717, 1.165) is 51.3 Å². The molecule has 7 nitrogen and oxygen atoms in total. The van der Waals surface area contributed by atoms with E-state index < -0.39 is 12.2 Å². The minimum atomic E-state index is -0.434. The number of nitrogens with one attached hydrogen (secondary N) is 1. The molecule has 2 saturated heterocycles. The Labute approximate surface area is 166 Å². The molecule has 1 aromatic carbocycles. The fourth-order valence-electron chi connectivity index (χ4n) is 4.38. The van der Waals surface area contributed by atoms with Crippen molar-refractivity contribution in [2.45, 2.75) is 50.7 Å². The molecule has 2 unspecified atom stereocenters. The van der Waals surface area contributed by atoms with Crippen LogP contribution in [0.25, 0.3) is 0 Å². The van der Waals surface area contributed by atoms with Crippen molar-refractivity contribution in [1.29, 1.82) is 0 Å². The van der Waals surface area contributed by atoms with E-state index in [9.17, 15) is 9.59 Å². The predicted molar refractivity (Wildman–Crippen MR) is 108 cm³/mol. The van der Waals surface area contributed by atoms with Gasteiger partial charge in [0.1, 0.15) is 0 Å². The number of fused-ring (bicyclic) bond motifs is 1. The average Bonchev–Trinajstić information content (AvgIpc) is 2.88. The van der Waals surface area contributed by atoms with Gasteiger partial charge in [-0.1, -0.05) is 43.2 Å². The van der Waals surface area contributed by atoms with Crippen LogP contribution < -0.4 is 5.32 Å². The van der Waals surface area contributed by atoms with Crippen molar-refractivity contribution in [2.75, 3.05) is 26.7 Å². The van der Waals surface area contributed by atoms with Gasteiger partial charge in [-0.05, 0) is 31.2 Å². The van der Waals surface area contributed by atoms with Crippen LogP contribution in [0.15, 0.2) is 35.3 Å². The molecule has 3 aliphatic rings. The molecule has 0 aliphatic carbocycles. The van der Waals surface area contributed by atoms with Crippen LogP contribution in [0.2, 0.25) is 0 Å². The van der Waals surface area contributed by atoms with Crippen molar-refractivity contribution in [2.24, 2.45) is 4.99 Å². The lowest BCUT2D eigenvalue weighted by Crippen LogP contribution is -2.64. The highest BCUT2D eigenvalue weighted by molar-refractivity contribution is 6.03. The maximum atomic E-state index is 12.7. The van der Waals surface area contributed by atoms with Gasteiger partial charge in [0.15, 0.2) is 18.2 Å². The third-order valence-electron chi connectivity index (χ3n) is 5.93. The zero-order valence-electron chi connectivity index (χ0n) is 16.5. The summed E-state index contributed by atoms with van der Waals surface area (Å²) in [6, 6.07) is 9.61. The summed E-state index contributed by atoms with van der Waals surface area (Å²) in [5.74, 6) is 0.656. The lowest BCUT2D eigenvalue weighted by atomic mass is 10.1. The first-order valence-electron chi connectivity index (χ1n) is 10.4. The Hall–Kier alpha value is -2.57. The maximum Gasteiger partial charge on any atom is 0.325 e. The highest BCUT2D eigenvalue weighted by atomic mass is 16.2. The molecule has 0 bridgehead atoms. The van der Waals surface area contributed by atoms with Crippen molar-refractivity contribution in [1.82, 2.24) is 20.0 Å². The Balaban J connectivity index is 1.53. The van der Waals surface area contributed by atoms with E-state index in [1.807, 2.05) is 6.07 Å². The summed E-state index contributed by atoms with van der Waals surface area (Å²) in [5.41, 5.74) is 1.30. The van der Waals surface area contributed by atoms with Gasteiger partial charge >= 0.3 is 6.03 Å². The van der Waals surface area contributed by atoms with E-state index in [0.29, 0.717) is 0 Å². The fourth-order valence-corrected chi connectivity index (χ4v) is 4.38. The van der Waals surface area contributed by atoms with Gasteiger partial charge in [0, 0.05) is 26.7 Å². The van der Waals surface area contributed by atoms with Crippen LogP contribution in [-0.4, -0.2) is 71.5 Å². The number of aliphatic imine (C=N–C) groups is 1. The molecule has 0 saturated carbocycles. The standard InChI is InChI=1S/C21H29N5O2/c1-24-18-17(19(27)23-21(24)28)26(15-9-12-16-10-5-4-6-11-16)20(22-18)25-13-7-2-3-8-14-25/h4-6,10-11,17-18H,2-3,7-9,12-15H2,1H3,(H,23,27,28). The van der Waals surface area contributed by atoms with E-state index in [4.69, 9.17) is 4.99 Å².